The molecule has 0 spiro atoms. The van der Waals surface area contributed by atoms with Gasteiger partial charge in [-0.15, -0.1) is 12.4 Å². The van der Waals surface area contributed by atoms with Crippen LogP contribution in [0.4, 0.5) is 0 Å². The van der Waals surface area contributed by atoms with E-state index in [2.05, 4.69) is 5.32 Å². The minimum absolute atomic E-state index is 0. The van der Waals surface area contributed by atoms with Gasteiger partial charge in [-0.1, -0.05) is 29.8 Å². The SMILES string of the molecule is CCN1CC(C(=O)N2CCNCC2c2ccccc2Cl)CC1=O.Cl. The summed E-state index contributed by atoms with van der Waals surface area (Å²) in [6.07, 6.45) is 0.325. The molecule has 1 aromatic carbocycles. The molecule has 2 heterocycles. The standard InChI is InChI=1S/C17H22ClN3O2.ClH/c1-2-20-11-12(9-16(20)22)17(23)21-8-7-19-10-15(21)13-5-3-4-6-14(13)18;/h3-6,12,15,19H,2,7-11H2,1H3;1H. The van der Waals surface area contributed by atoms with E-state index < -0.39 is 0 Å². The smallest absolute Gasteiger partial charge is 0.228 e. The molecule has 1 N–H and O–H groups in total. The number of amides is 2. The van der Waals surface area contributed by atoms with E-state index in [1.54, 1.807) is 4.90 Å². The molecule has 0 radical (unpaired) electrons. The molecule has 2 aliphatic rings. The van der Waals surface area contributed by atoms with Crippen LogP contribution in [0.25, 0.3) is 0 Å². The fourth-order valence-corrected chi connectivity index (χ4v) is 3.73. The summed E-state index contributed by atoms with van der Waals surface area (Å²) in [5.74, 6) is -0.0819. The first-order valence-corrected chi connectivity index (χ1v) is 8.53. The predicted molar refractivity (Wildman–Crippen MR) is 96.4 cm³/mol. The highest BCUT2D eigenvalue weighted by atomic mass is 35.5. The number of piperazine rings is 1. The molecule has 132 valence electrons. The molecule has 24 heavy (non-hydrogen) atoms. The zero-order valence-electron chi connectivity index (χ0n) is 13.7. The molecule has 0 aromatic heterocycles. The van der Waals surface area contributed by atoms with Crippen LogP contribution in [0.2, 0.25) is 5.02 Å². The van der Waals surface area contributed by atoms with Crippen molar-refractivity contribution in [2.24, 2.45) is 5.92 Å². The van der Waals surface area contributed by atoms with Crippen LogP contribution in [0, 0.1) is 5.92 Å². The Morgan fingerprint density at radius 2 is 2.12 bits per heavy atom. The highest BCUT2D eigenvalue weighted by molar-refractivity contribution is 6.31. The minimum atomic E-state index is -0.231. The monoisotopic (exact) mass is 371 g/mol. The van der Waals surface area contributed by atoms with E-state index in [0.717, 1.165) is 12.1 Å². The van der Waals surface area contributed by atoms with Crippen molar-refractivity contribution in [1.82, 2.24) is 15.1 Å². The van der Waals surface area contributed by atoms with E-state index in [1.165, 1.54) is 0 Å². The summed E-state index contributed by atoms with van der Waals surface area (Å²) in [6.45, 7) is 5.25. The fourth-order valence-electron chi connectivity index (χ4n) is 3.47. The summed E-state index contributed by atoms with van der Waals surface area (Å²) in [7, 11) is 0. The second kappa shape index (κ2) is 8.19. The van der Waals surface area contributed by atoms with Crippen LogP contribution in [0.1, 0.15) is 24.9 Å². The minimum Gasteiger partial charge on any atom is -0.342 e. The summed E-state index contributed by atoms with van der Waals surface area (Å²) in [5, 5.41) is 4.01. The summed E-state index contributed by atoms with van der Waals surface area (Å²) >= 11 is 6.33. The van der Waals surface area contributed by atoms with Gasteiger partial charge in [0.15, 0.2) is 0 Å². The summed E-state index contributed by atoms with van der Waals surface area (Å²) in [5.41, 5.74) is 0.964. The Morgan fingerprint density at radius 1 is 1.38 bits per heavy atom. The van der Waals surface area contributed by atoms with Gasteiger partial charge >= 0.3 is 0 Å². The Bertz CT molecular complexity index is 611. The number of benzene rings is 1. The first kappa shape index (κ1) is 19.0. The number of hydrogen-bond acceptors (Lipinski definition) is 3. The number of likely N-dealkylation sites (tertiary alicyclic amines) is 1. The van der Waals surface area contributed by atoms with Gasteiger partial charge < -0.3 is 15.1 Å². The molecule has 3 rings (SSSR count). The average molecular weight is 372 g/mol. The Hall–Kier alpha value is -1.30. The van der Waals surface area contributed by atoms with Crippen LogP contribution in [-0.4, -0.2) is 54.3 Å². The van der Waals surface area contributed by atoms with Crippen LogP contribution in [0.5, 0.6) is 0 Å². The van der Waals surface area contributed by atoms with E-state index in [1.807, 2.05) is 36.1 Å². The van der Waals surface area contributed by atoms with Crippen molar-refractivity contribution in [2.75, 3.05) is 32.7 Å². The lowest BCUT2D eigenvalue weighted by Gasteiger charge is -2.38. The second-order valence-electron chi connectivity index (χ2n) is 6.11. The van der Waals surface area contributed by atoms with Crippen LogP contribution in [0.3, 0.4) is 0 Å². The van der Waals surface area contributed by atoms with Crippen molar-refractivity contribution < 1.29 is 9.59 Å². The van der Waals surface area contributed by atoms with Gasteiger partial charge in [-0.2, -0.15) is 0 Å². The van der Waals surface area contributed by atoms with Gasteiger partial charge in [0.25, 0.3) is 0 Å². The first-order chi connectivity index (χ1) is 11.1. The number of hydrogen-bond donors (Lipinski definition) is 1. The zero-order chi connectivity index (χ0) is 16.4. The third-order valence-electron chi connectivity index (χ3n) is 4.74. The van der Waals surface area contributed by atoms with Crippen molar-refractivity contribution in [3.8, 4) is 0 Å². The molecular weight excluding hydrogens is 349 g/mol. The van der Waals surface area contributed by atoms with Gasteiger partial charge in [-0.3, -0.25) is 9.59 Å². The maximum absolute atomic E-state index is 13.0. The number of carbonyl (C=O) groups is 2. The van der Waals surface area contributed by atoms with Crippen LogP contribution < -0.4 is 5.32 Å². The predicted octanol–water partition coefficient (Wildman–Crippen LogP) is 2.10. The van der Waals surface area contributed by atoms with E-state index in [0.29, 0.717) is 37.6 Å². The number of nitrogens with zero attached hydrogens (tertiary/aromatic N) is 2. The van der Waals surface area contributed by atoms with Gasteiger partial charge in [0.2, 0.25) is 11.8 Å². The van der Waals surface area contributed by atoms with Crippen molar-refractivity contribution in [3.05, 3.63) is 34.9 Å². The van der Waals surface area contributed by atoms with Gasteiger partial charge in [0.05, 0.1) is 12.0 Å². The Kier molecular flexibility index (Phi) is 6.49. The summed E-state index contributed by atoms with van der Waals surface area (Å²) in [6, 6.07) is 7.58. The number of rotatable bonds is 3. The Balaban J connectivity index is 0.00000208. The molecule has 2 atom stereocenters. The Labute approximate surface area is 153 Å². The van der Waals surface area contributed by atoms with Gasteiger partial charge in [-0.25, -0.2) is 0 Å². The lowest BCUT2D eigenvalue weighted by Crippen LogP contribution is -2.50. The summed E-state index contributed by atoms with van der Waals surface area (Å²) in [4.78, 5) is 28.6. The molecule has 1 aromatic rings. The average Bonchev–Trinajstić information content (AvgIpc) is 2.95. The quantitative estimate of drug-likeness (QED) is 0.884. The van der Waals surface area contributed by atoms with Gasteiger partial charge in [0, 0.05) is 44.2 Å². The molecule has 2 unspecified atom stereocenters. The zero-order valence-corrected chi connectivity index (χ0v) is 15.3. The Morgan fingerprint density at radius 3 is 2.79 bits per heavy atom. The van der Waals surface area contributed by atoms with Crippen LogP contribution in [-0.2, 0) is 9.59 Å². The molecule has 0 saturated carbocycles. The van der Waals surface area contributed by atoms with Crippen molar-refractivity contribution in [3.63, 3.8) is 0 Å². The van der Waals surface area contributed by atoms with Crippen molar-refractivity contribution >= 4 is 35.8 Å². The molecule has 7 heteroatoms. The first-order valence-electron chi connectivity index (χ1n) is 8.15. The van der Waals surface area contributed by atoms with Crippen LogP contribution in [0.15, 0.2) is 24.3 Å². The number of nitrogens with one attached hydrogen (secondary N) is 1. The number of carbonyl (C=O) groups excluding carboxylic acids is 2. The highest BCUT2D eigenvalue weighted by Crippen LogP contribution is 2.31. The molecule has 2 aliphatic heterocycles. The second-order valence-corrected chi connectivity index (χ2v) is 6.51. The maximum Gasteiger partial charge on any atom is 0.228 e. The normalized spacial score (nSPS) is 24.0. The van der Waals surface area contributed by atoms with Crippen LogP contribution >= 0.6 is 24.0 Å². The van der Waals surface area contributed by atoms with Gasteiger partial charge in [0.1, 0.15) is 0 Å². The summed E-state index contributed by atoms with van der Waals surface area (Å²) < 4.78 is 0. The highest BCUT2D eigenvalue weighted by Gasteiger charge is 2.39. The van der Waals surface area contributed by atoms with E-state index >= 15 is 0 Å². The molecule has 2 saturated heterocycles. The molecule has 5 nitrogen and oxygen atoms in total. The van der Waals surface area contributed by atoms with E-state index in [4.69, 9.17) is 11.6 Å². The third-order valence-corrected chi connectivity index (χ3v) is 5.08. The molecular formula is C17H23Cl2N3O2. The molecule has 0 bridgehead atoms. The fraction of sp³-hybridized carbons (Fsp3) is 0.529. The number of halogens is 2. The maximum atomic E-state index is 13.0. The topological polar surface area (TPSA) is 52.7 Å². The third kappa shape index (κ3) is 3.68. The van der Waals surface area contributed by atoms with E-state index in [9.17, 15) is 9.59 Å². The van der Waals surface area contributed by atoms with Crippen molar-refractivity contribution in [1.29, 1.82) is 0 Å². The largest absolute Gasteiger partial charge is 0.342 e. The lowest BCUT2D eigenvalue weighted by molar-refractivity contribution is -0.139. The van der Waals surface area contributed by atoms with Crippen molar-refractivity contribution in [2.45, 2.75) is 19.4 Å². The lowest BCUT2D eigenvalue weighted by atomic mass is 9.99. The molecule has 2 amide bonds. The molecule has 0 aliphatic carbocycles. The van der Waals surface area contributed by atoms with E-state index in [-0.39, 0.29) is 36.2 Å². The van der Waals surface area contributed by atoms with Gasteiger partial charge in [-0.05, 0) is 18.6 Å². The molecule has 2 fully saturated rings.